The molecule has 5 rings (SSSR count). The molecular weight excluding hydrogens is 432 g/mol. The first-order chi connectivity index (χ1) is 16.4. The number of phenolic OH excluding ortho intramolecular Hbond substituents is 2. The highest BCUT2D eigenvalue weighted by Gasteiger charge is 2.40. The van der Waals surface area contributed by atoms with Crippen molar-refractivity contribution in [2.24, 2.45) is 0 Å². The lowest BCUT2D eigenvalue weighted by Crippen LogP contribution is -2.30. The Labute approximate surface area is 195 Å². The molecule has 3 N–H and O–H groups in total. The zero-order valence-electron chi connectivity index (χ0n) is 18.5. The lowest BCUT2D eigenvalue weighted by molar-refractivity contribution is 0.115. The van der Waals surface area contributed by atoms with Crippen LogP contribution >= 0.6 is 0 Å². The molecule has 0 amide bonds. The van der Waals surface area contributed by atoms with Crippen LogP contribution in [0.1, 0.15) is 28.1 Å². The van der Waals surface area contributed by atoms with E-state index in [1.54, 1.807) is 73.1 Å². The van der Waals surface area contributed by atoms with Crippen LogP contribution in [0.4, 0.5) is 0 Å². The summed E-state index contributed by atoms with van der Waals surface area (Å²) in [6.07, 6.45) is 3.09. The number of benzene rings is 3. The van der Waals surface area contributed by atoms with Crippen LogP contribution in [0.5, 0.6) is 11.5 Å². The Morgan fingerprint density at radius 1 is 0.676 bits per heavy atom. The van der Waals surface area contributed by atoms with Crippen LogP contribution in [-0.4, -0.2) is 45.3 Å². The van der Waals surface area contributed by atoms with Crippen LogP contribution < -0.4 is 0 Å². The highest BCUT2D eigenvalue weighted by molar-refractivity contribution is 5.50. The summed E-state index contributed by atoms with van der Waals surface area (Å²) in [6, 6.07) is 19.2. The smallest absolute Gasteiger partial charge is 0.181 e. The summed E-state index contributed by atoms with van der Waals surface area (Å²) in [4.78, 5) is 0. The molecule has 2 aromatic heterocycles. The molecule has 9 heteroatoms. The van der Waals surface area contributed by atoms with Crippen molar-refractivity contribution in [2.75, 3.05) is 0 Å². The standard InChI is InChI=1S/C25H22N6O3/c1-16-8-10-21(32)19(12-16)30-14-23(26-28-30)25(34,18-6-4-3-5-7-18)24-15-31(29-27-24)20-13-17(2)9-11-22(20)33/h3-15,32-34H,1-2H3. The normalized spacial score (nSPS) is 11.6. The lowest BCUT2D eigenvalue weighted by atomic mass is 9.88. The molecule has 0 aliphatic rings. The van der Waals surface area contributed by atoms with Crippen molar-refractivity contribution in [1.29, 1.82) is 0 Å². The van der Waals surface area contributed by atoms with Crippen LogP contribution in [0.2, 0.25) is 0 Å². The first-order valence-corrected chi connectivity index (χ1v) is 10.6. The molecule has 0 atom stereocenters. The van der Waals surface area contributed by atoms with Gasteiger partial charge in [-0.1, -0.05) is 52.9 Å². The first-order valence-electron chi connectivity index (χ1n) is 10.6. The Kier molecular flexibility index (Phi) is 5.10. The predicted molar refractivity (Wildman–Crippen MR) is 124 cm³/mol. The zero-order chi connectivity index (χ0) is 23.9. The second-order valence-corrected chi connectivity index (χ2v) is 8.16. The maximum absolute atomic E-state index is 12.0. The van der Waals surface area contributed by atoms with E-state index in [0.717, 1.165) is 11.1 Å². The third-order valence-electron chi connectivity index (χ3n) is 5.68. The molecule has 0 aliphatic heterocycles. The van der Waals surface area contributed by atoms with E-state index in [-0.39, 0.29) is 22.9 Å². The quantitative estimate of drug-likeness (QED) is 0.373. The van der Waals surface area contributed by atoms with Crippen molar-refractivity contribution >= 4 is 0 Å². The zero-order valence-corrected chi connectivity index (χ0v) is 18.5. The monoisotopic (exact) mass is 454 g/mol. The van der Waals surface area contributed by atoms with Gasteiger partial charge >= 0.3 is 0 Å². The lowest BCUT2D eigenvalue weighted by Gasteiger charge is -2.23. The minimum absolute atomic E-state index is 0.0335. The van der Waals surface area contributed by atoms with Crippen molar-refractivity contribution in [3.63, 3.8) is 0 Å². The maximum atomic E-state index is 12.0. The van der Waals surface area contributed by atoms with Gasteiger partial charge in [-0.3, -0.25) is 0 Å². The average Bonchev–Trinajstić information content (AvgIpc) is 3.53. The molecule has 0 aliphatic carbocycles. The van der Waals surface area contributed by atoms with E-state index in [9.17, 15) is 15.3 Å². The van der Waals surface area contributed by atoms with Crippen molar-refractivity contribution in [3.8, 4) is 22.9 Å². The second kappa shape index (κ2) is 8.13. The molecular formula is C25H22N6O3. The van der Waals surface area contributed by atoms with Gasteiger partial charge in [0.25, 0.3) is 0 Å². The largest absolute Gasteiger partial charge is 0.506 e. The number of nitrogens with zero attached hydrogens (tertiary/aromatic N) is 6. The summed E-state index contributed by atoms with van der Waals surface area (Å²) in [5.74, 6) is 0.0670. The van der Waals surface area contributed by atoms with Crippen LogP contribution in [0.15, 0.2) is 79.1 Å². The summed E-state index contributed by atoms with van der Waals surface area (Å²) in [6.45, 7) is 3.81. The highest BCUT2D eigenvalue weighted by atomic mass is 16.3. The predicted octanol–water partition coefficient (Wildman–Crippen LogP) is 3.16. The molecule has 0 saturated heterocycles. The fraction of sp³-hybridized carbons (Fsp3) is 0.120. The van der Waals surface area contributed by atoms with Gasteiger partial charge in [-0.15, -0.1) is 10.2 Å². The number of aromatic nitrogens is 6. The van der Waals surface area contributed by atoms with Crippen molar-refractivity contribution < 1.29 is 15.3 Å². The second-order valence-electron chi connectivity index (χ2n) is 8.16. The van der Waals surface area contributed by atoms with Gasteiger partial charge in [-0.05, 0) is 54.8 Å². The molecule has 3 aromatic carbocycles. The molecule has 34 heavy (non-hydrogen) atoms. The number of phenols is 2. The van der Waals surface area contributed by atoms with Crippen LogP contribution in [0.25, 0.3) is 11.4 Å². The van der Waals surface area contributed by atoms with Crippen LogP contribution in [-0.2, 0) is 5.60 Å². The number of aromatic hydroxyl groups is 2. The molecule has 5 aromatic rings. The number of hydrogen-bond donors (Lipinski definition) is 3. The fourth-order valence-corrected chi connectivity index (χ4v) is 3.83. The maximum Gasteiger partial charge on any atom is 0.181 e. The summed E-state index contributed by atoms with van der Waals surface area (Å²) in [5.41, 5.74) is 1.84. The molecule has 9 nitrogen and oxygen atoms in total. The van der Waals surface area contributed by atoms with Gasteiger partial charge in [0.1, 0.15) is 34.3 Å². The van der Waals surface area contributed by atoms with E-state index in [1.165, 1.54) is 9.36 Å². The number of hydrogen-bond acceptors (Lipinski definition) is 7. The number of aliphatic hydroxyl groups is 1. The third-order valence-corrected chi connectivity index (χ3v) is 5.68. The SMILES string of the molecule is Cc1ccc(O)c(-n2cc(C(O)(c3ccccc3)c3cn(-c4cc(C)ccc4O)nn3)nn2)c1. The summed E-state index contributed by atoms with van der Waals surface area (Å²) < 4.78 is 2.81. The Hall–Kier alpha value is -4.50. The number of rotatable bonds is 5. The fourth-order valence-electron chi connectivity index (χ4n) is 3.83. The Balaban J connectivity index is 1.65. The summed E-state index contributed by atoms with van der Waals surface area (Å²) >= 11 is 0. The van der Waals surface area contributed by atoms with Gasteiger partial charge in [0.2, 0.25) is 0 Å². The van der Waals surface area contributed by atoms with Gasteiger partial charge in [0, 0.05) is 0 Å². The molecule has 0 fully saturated rings. The van der Waals surface area contributed by atoms with Crippen molar-refractivity contribution in [1.82, 2.24) is 30.0 Å². The topological polar surface area (TPSA) is 122 Å². The van der Waals surface area contributed by atoms with Gasteiger partial charge in [0.05, 0.1) is 12.4 Å². The van der Waals surface area contributed by atoms with E-state index < -0.39 is 5.60 Å². The average molecular weight is 454 g/mol. The Bertz CT molecular complexity index is 1390. The van der Waals surface area contributed by atoms with Gasteiger partial charge < -0.3 is 15.3 Å². The minimum Gasteiger partial charge on any atom is -0.506 e. The van der Waals surface area contributed by atoms with Crippen LogP contribution in [0.3, 0.4) is 0 Å². The molecule has 0 radical (unpaired) electrons. The summed E-state index contributed by atoms with van der Waals surface area (Å²) in [5, 5.41) is 49.4. The van der Waals surface area contributed by atoms with E-state index in [1.807, 2.05) is 19.9 Å². The third kappa shape index (κ3) is 3.57. The molecule has 170 valence electrons. The summed E-state index contributed by atoms with van der Waals surface area (Å²) in [7, 11) is 0. The minimum atomic E-state index is -1.79. The van der Waals surface area contributed by atoms with Gasteiger partial charge in [-0.25, -0.2) is 9.36 Å². The van der Waals surface area contributed by atoms with Crippen LogP contribution in [0, 0.1) is 13.8 Å². The molecule has 0 unspecified atom stereocenters. The molecule has 2 heterocycles. The number of aryl methyl sites for hydroxylation is 2. The van der Waals surface area contributed by atoms with Crippen molar-refractivity contribution in [3.05, 3.63) is 107 Å². The Morgan fingerprint density at radius 3 is 1.62 bits per heavy atom. The molecule has 0 saturated carbocycles. The molecule has 0 spiro atoms. The van der Waals surface area contributed by atoms with Gasteiger partial charge in [0.15, 0.2) is 5.60 Å². The van der Waals surface area contributed by atoms with E-state index in [4.69, 9.17) is 0 Å². The highest BCUT2D eigenvalue weighted by Crippen LogP contribution is 2.35. The first kappa shape index (κ1) is 21.4. The van der Waals surface area contributed by atoms with E-state index in [2.05, 4.69) is 20.6 Å². The van der Waals surface area contributed by atoms with Crippen molar-refractivity contribution in [2.45, 2.75) is 19.4 Å². The van der Waals surface area contributed by atoms with E-state index in [0.29, 0.717) is 16.9 Å². The van der Waals surface area contributed by atoms with E-state index >= 15 is 0 Å². The Morgan fingerprint density at radius 2 is 1.15 bits per heavy atom. The van der Waals surface area contributed by atoms with Gasteiger partial charge in [-0.2, -0.15) is 0 Å². The molecule has 0 bridgehead atoms.